The van der Waals surface area contributed by atoms with E-state index >= 15 is 0 Å². The van der Waals surface area contributed by atoms with E-state index in [4.69, 9.17) is 6.42 Å². The fraction of sp³-hybridized carbons (Fsp3) is 0.154. The highest BCUT2D eigenvalue weighted by atomic mass is 32.2. The molecular weight excluding hydrogens is 216 g/mol. The Morgan fingerprint density at radius 3 is 3.00 bits per heavy atom. The van der Waals surface area contributed by atoms with Crippen molar-refractivity contribution in [3.05, 3.63) is 42.2 Å². The van der Waals surface area contributed by atoms with Crippen LogP contribution in [0.3, 0.4) is 0 Å². The van der Waals surface area contributed by atoms with Crippen LogP contribution in [0.1, 0.15) is 5.56 Å². The van der Waals surface area contributed by atoms with Gasteiger partial charge in [0.05, 0.1) is 5.75 Å². The molecule has 2 rings (SSSR count). The lowest BCUT2D eigenvalue weighted by molar-refractivity contribution is 1.28. The van der Waals surface area contributed by atoms with E-state index < -0.39 is 0 Å². The minimum atomic E-state index is 0.743. The van der Waals surface area contributed by atoms with Crippen molar-refractivity contribution in [2.75, 3.05) is 5.75 Å². The first-order valence-electron chi connectivity index (χ1n) is 5.00. The Hall–Kier alpha value is -1.66. The van der Waals surface area contributed by atoms with Gasteiger partial charge >= 0.3 is 0 Å². The molecule has 0 radical (unpaired) electrons. The lowest BCUT2D eigenvalue weighted by atomic mass is 10.1. The van der Waals surface area contributed by atoms with Gasteiger partial charge in [-0.25, -0.2) is 4.98 Å². The van der Waals surface area contributed by atoms with E-state index in [0.29, 0.717) is 0 Å². The number of aromatic nitrogens is 2. The third-order valence-corrected chi connectivity index (χ3v) is 3.10. The van der Waals surface area contributed by atoms with E-state index in [0.717, 1.165) is 22.9 Å². The number of nitrogens with zero attached hydrogens (tertiary/aromatic N) is 1. The standard InChI is InChI=1S/C13H12N2S/c1-2-9-16-10-11-5-3-4-6-12(11)13-14-7-8-15-13/h1,3-8H,9-10H2,(H,14,15). The van der Waals surface area contributed by atoms with E-state index in [1.54, 1.807) is 18.0 Å². The maximum absolute atomic E-state index is 5.24. The second-order valence-electron chi connectivity index (χ2n) is 3.29. The van der Waals surface area contributed by atoms with E-state index in [2.05, 4.69) is 28.0 Å². The van der Waals surface area contributed by atoms with Gasteiger partial charge in [-0.2, -0.15) is 0 Å². The quantitative estimate of drug-likeness (QED) is 0.644. The van der Waals surface area contributed by atoms with Crippen LogP contribution in [0.2, 0.25) is 0 Å². The van der Waals surface area contributed by atoms with Gasteiger partial charge in [0.25, 0.3) is 0 Å². The summed E-state index contributed by atoms with van der Waals surface area (Å²) in [7, 11) is 0. The number of H-pyrrole nitrogens is 1. The van der Waals surface area contributed by atoms with Crippen LogP contribution in [0.5, 0.6) is 0 Å². The Morgan fingerprint density at radius 2 is 2.25 bits per heavy atom. The molecule has 0 unspecified atom stereocenters. The molecule has 1 N–H and O–H groups in total. The molecule has 0 fully saturated rings. The second kappa shape index (κ2) is 5.43. The van der Waals surface area contributed by atoms with Crippen LogP contribution < -0.4 is 0 Å². The molecular formula is C13H12N2S. The molecule has 2 nitrogen and oxygen atoms in total. The van der Waals surface area contributed by atoms with Gasteiger partial charge in [0, 0.05) is 23.7 Å². The van der Waals surface area contributed by atoms with Gasteiger partial charge in [-0.15, -0.1) is 18.2 Å². The van der Waals surface area contributed by atoms with Crippen LogP contribution in [0.15, 0.2) is 36.7 Å². The van der Waals surface area contributed by atoms with Crippen molar-refractivity contribution in [2.24, 2.45) is 0 Å². The second-order valence-corrected chi connectivity index (χ2v) is 4.28. The predicted octanol–water partition coefficient (Wildman–Crippen LogP) is 2.94. The smallest absolute Gasteiger partial charge is 0.137 e. The zero-order valence-corrected chi connectivity index (χ0v) is 9.63. The molecule has 0 spiro atoms. The molecule has 0 bridgehead atoms. The molecule has 0 atom stereocenters. The largest absolute Gasteiger partial charge is 0.345 e. The van der Waals surface area contributed by atoms with E-state index in [1.165, 1.54) is 5.56 Å². The zero-order valence-electron chi connectivity index (χ0n) is 8.81. The Kier molecular flexibility index (Phi) is 3.68. The zero-order chi connectivity index (χ0) is 11.2. The molecule has 2 aromatic rings. The molecule has 80 valence electrons. The SMILES string of the molecule is C#CCSCc1ccccc1-c1ncc[nH]1. The number of thioether (sulfide) groups is 1. The summed E-state index contributed by atoms with van der Waals surface area (Å²) in [4.78, 5) is 7.39. The molecule has 1 aromatic carbocycles. The summed E-state index contributed by atoms with van der Waals surface area (Å²) < 4.78 is 0. The van der Waals surface area contributed by atoms with Crippen molar-refractivity contribution in [1.82, 2.24) is 9.97 Å². The Labute approximate surface area is 99.5 Å². The molecule has 0 amide bonds. The third-order valence-electron chi connectivity index (χ3n) is 2.21. The van der Waals surface area contributed by atoms with Crippen LogP contribution in [-0.4, -0.2) is 15.7 Å². The summed E-state index contributed by atoms with van der Waals surface area (Å²) in [6.07, 6.45) is 8.83. The fourth-order valence-corrected chi connectivity index (χ4v) is 2.20. The van der Waals surface area contributed by atoms with Crippen LogP contribution in [0.25, 0.3) is 11.4 Å². The normalized spacial score (nSPS) is 9.94. The Bertz CT molecular complexity index is 483. The summed E-state index contributed by atoms with van der Waals surface area (Å²) in [5.41, 5.74) is 2.41. The monoisotopic (exact) mass is 228 g/mol. The highest BCUT2D eigenvalue weighted by Gasteiger charge is 2.05. The number of nitrogens with one attached hydrogen (secondary N) is 1. The van der Waals surface area contributed by atoms with Crippen LogP contribution in [0.4, 0.5) is 0 Å². The highest BCUT2D eigenvalue weighted by Crippen LogP contribution is 2.23. The maximum Gasteiger partial charge on any atom is 0.137 e. The van der Waals surface area contributed by atoms with Gasteiger partial charge in [0.15, 0.2) is 0 Å². The van der Waals surface area contributed by atoms with Crippen molar-refractivity contribution in [3.8, 4) is 23.7 Å². The fourth-order valence-electron chi connectivity index (χ4n) is 1.51. The lowest BCUT2D eigenvalue weighted by Crippen LogP contribution is -1.89. The number of terminal acetylenes is 1. The van der Waals surface area contributed by atoms with Crippen molar-refractivity contribution < 1.29 is 0 Å². The molecule has 0 aliphatic rings. The molecule has 0 aliphatic carbocycles. The topological polar surface area (TPSA) is 28.7 Å². The molecule has 3 heteroatoms. The summed E-state index contributed by atoms with van der Waals surface area (Å²) >= 11 is 1.74. The van der Waals surface area contributed by atoms with Crippen LogP contribution in [-0.2, 0) is 5.75 Å². The first-order valence-corrected chi connectivity index (χ1v) is 6.16. The van der Waals surface area contributed by atoms with Crippen molar-refractivity contribution in [1.29, 1.82) is 0 Å². The number of hydrogen-bond donors (Lipinski definition) is 1. The minimum Gasteiger partial charge on any atom is -0.345 e. The molecule has 1 aromatic heterocycles. The van der Waals surface area contributed by atoms with Crippen LogP contribution in [0, 0.1) is 12.3 Å². The lowest BCUT2D eigenvalue weighted by Gasteiger charge is -2.05. The summed E-state index contributed by atoms with van der Waals surface area (Å²) in [5, 5.41) is 0. The van der Waals surface area contributed by atoms with Crippen molar-refractivity contribution in [3.63, 3.8) is 0 Å². The first-order chi connectivity index (χ1) is 7.92. The minimum absolute atomic E-state index is 0.743. The maximum atomic E-state index is 5.24. The number of hydrogen-bond acceptors (Lipinski definition) is 2. The number of aromatic amines is 1. The predicted molar refractivity (Wildman–Crippen MR) is 69.0 cm³/mol. The first kappa shape index (κ1) is 10.8. The summed E-state index contributed by atoms with van der Waals surface area (Å²) in [5.74, 6) is 5.21. The van der Waals surface area contributed by atoms with Gasteiger partial charge in [-0.05, 0) is 5.56 Å². The molecule has 1 heterocycles. The van der Waals surface area contributed by atoms with Gasteiger partial charge in [-0.3, -0.25) is 0 Å². The Balaban J connectivity index is 2.22. The average Bonchev–Trinajstić information content (AvgIpc) is 2.83. The highest BCUT2D eigenvalue weighted by molar-refractivity contribution is 7.98. The molecule has 0 aliphatic heterocycles. The molecule has 0 saturated carbocycles. The van der Waals surface area contributed by atoms with Gasteiger partial charge in [0.2, 0.25) is 0 Å². The third kappa shape index (κ3) is 2.47. The number of imidazole rings is 1. The molecule has 0 saturated heterocycles. The summed E-state index contributed by atoms with van der Waals surface area (Å²) in [6, 6.07) is 8.25. The van der Waals surface area contributed by atoms with E-state index in [1.807, 2.05) is 18.3 Å². The molecule has 16 heavy (non-hydrogen) atoms. The van der Waals surface area contributed by atoms with E-state index in [9.17, 15) is 0 Å². The Morgan fingerprint density at radius 1 is 1.38 bits per heavy atom. The van der Waals surface area contributed by atoms with Gasteiger partial charge in [-0.1, -0.05) is 30.2 Å². The van der Waals surface area contributed by atoms with Gasteiger partial charge < -0.3 is 4.98 Å². The number of benzene rings is 1. The average molecular weight is 228 g/mol. The number of rotatable bonds is 4. The summed E-state index contributed by atoms with van der Waals surface area (Å²) in [6.45, 7) is 0. The van der Waals surface area contributed by atoms with Crippen molar-refractivity contribution in [2.45, 2.75) is 5.75 Å². The van der Waals surface area contributed by atoms with Crippen molar-refractivity contribution >= 4 is 11.8 Å². The van der Waals surface area contributed by atoms with Crippen LogP contribution >= 0.6 is 11.8 Å². The van der Waals surface area contributed by atoms with Gasteiger partial charge in [0.1, 0.15) is 5.82 Å². The van der Waals surface area contributed by atoms with E-state index in [-0.39, 0.29) is 0 Å².